The van der Waals surface area contributed by atoms with E-state index in [4.69, 9.17) is 5.11 Å². The van der Waals surface area contributed by atoms with Gasteiger partial charge in [-0.2, -0.15) is 0 Å². The molecule has 1 aliphatic rings. The summed E-state index contributed by atoms with van der Waals surface area (Å²) in [4.78, 5) is 22.4. The first-order chi connectivity index (χ1) is 11.0. The number of hydrogen-bond acceptors (Lipinski definition) is 3. The third-order valence-corrected chi connectivity index (χ3v) is 4.23. The number of aliphatic hydroxyl groups is 1. The van der Waals surface area contributed by atoms with E-state index in [9.17, 15) is 14.7 Å². The molecule has 0 saturated heterocycles. The number of Topliss-reactive ketones (excluding diaryl/α,β-unsaturated/α-hetero) is 1. The van der Waals surface area contributed by atoms with Gasteiger partial charge in [-0.3, -0.25) is 9.59 Å². The lowest BCUT2D eigenvalue weighted by molar-refractivity contribution is -0.137. The van der Waals surface area contributed by atoms with Crippen molar-refractivity contribution < 1.29 is 19.8 Å². The smallest absolute Gasteiger partial charge is 0.303 e. The topological polar surface area (TPSA) is 74.6 Å². The molecule has 1 rings (SSSR count). The third kappa shape index (κ3) is 7.99. The highest BCUT2D eigenvalue weighted by Gasteiger charge is 2.32. The molecule has 0 aromatic carbocycles. The number of carbonyl (C=O) groups is 2. The number of unbranched alkanes of at least 4 members (excludes halogenated alkanes) is 2. The normalized spacial score (nSPS) is 22.1. The van der Waals surface area contributed by atoms with Crippen LogP contribution in [-0.4, -0.2) is 28.1 Å². The summed E-state index contributed by atoms with van der Waals surface area (Å²) in [6, 6.07) is 0. The fourth-order valence-electron chi connectivity index (χ4n) is 2.81. The van der Waals surface area contributed by atoms with Crippen molar-refractivity contribution in [3.05, 3.63) is 12.2 Å². The number of ketones is 1. The molecule has 0 amide bonds. The molecular formula is C19H28O4. The van der Waals surface area contributed by atoms with Crippen molar-refractivity contribution in [1.29, 1.82) is 0 Å². The van der Waals surface area contributed by atoms with E-state index in [1.54, 1.807) is 0 Å². The summed E-state index contributed by atoms with van der Waals surface area (Å²) in [5, 5.41) is 18.4. The highest BCUT2D eigenvalue weighted by Crippen LogP contribution is 2.32. The lowest BCUT2D eigenvalue weighted by Crippen LogP contribution is -2.13. The average molecular weight is 320 g/mol. The SMILES string of the molecule is CCCCC(O)C=CC1CCC(=O)C1CC#CCCCC(=O)O. The Morgan fingerprint density at radius 1 is 1.39 bits per heavy atom. The Balaban J connectivity index is 2.42. The number of allylic oxidation sites excluding steroid dienone is 1. The van der Waals surface area contributed by atoms with Crippen LogP contribution in [0.3, 0.4) is 0 Å². The standard InChI is InChI=1S/C19H28O4/c1-2-3-8-16(20)13-11-15-12-14-18(21)17(15)9-6-4-5-7-10-19(22)23/h11,13,15-17,20H,2-3,5,7-10,12,14H2,1H3,(H,22,23). The number of carboxylic acids is 1. The molecule has 0 aliphatic heterocycles. The molecule has 1 saturated carbocycles. The minimum absolute atomic E-state index is 0.0726. The predicted molar refractivity (Wildman–Crippen MR) is 89.8 cm³/mol. The van der Waals surface area contributed by atoms with E-state index in [0.29, 0.717) is 25.7 Å². The lowest BCUT2D eigenvalue weighted by atomic mass is 9.91. The van der Waals surface area contributed by atoms with Gasteiger partial charge < -0.3 is 10.2 Å². The van der Waals surface area contributed by atoms with Crippen LogP contribution in [-0.2, 0) is 9.59 Å². The minimum Gasteiger partial charge on any atom is -0.481 e. The number of hydrogen-bond donors (Lipinski definition) is 2. The molecule has 0 spiro atoms. The predicted octanol–water partition coefficient (Wildman–Crippen LogP) is 3.34. The summed E-state index contributed by atoms with van der Waals surface area (Å²) in [7, 11) is 0. The molecule has 3 atom stereocenters. The Kier molecular flexibility index (Phi) is 9.31. The lowest BCUT2D eigenvalue weighted by Gasteiger charge is -2.12. The zero-order valence-electron chi connectivity index (χ0n) is 14.0. The molecule has 4 nitrogen and oxygen atoms in total. The number of aliphatic hydroxyl groups excluding tert-OH is 1. The summed E-state index contributed by atoms with van der Waals surface area (Å²) in [6.45, 7) is 2.09. The van der Waals surface area contributed by atoms with Crippen molar-refractivity contribution in [1.82, 2.24) is 0 Å². The van der Waals surface area contributed by atoms with Crippen molar-refractivity contribution in [2.75, 3.05) is 0 Å². The van der Waals surface area contributed by atoms with Crippen molar-refractivity contribution in [3.63, 3.8) is 0 Å². The number of rotatable bonds is 9. The molecule has 23 heavy (non-hydrogen) atoms. The second-order valence-electron chi connectivity index (χ2n) is 6.17. The van der Waals surface area contributed by atoms with Crippen molar-refractivity contribution >= 4 is 11.8 Å². The van der Waals surface area contributed by atoms with Gasteiger partial charge in [0.15, 0.2) is 0 Å². The minimum atomic E-state index is -0.801. The molecule has 0 bridgehead atoms. The summed E-state index contributed by atoms with van der Waals surface area (Å²) >= 11 is 0. The van der Waals surface area contributed by atoms with Gasteiger partial charge in [-0.25, -0.2) is 0 Å². The highest BCUT2D eigenvalue weighted by molar-refractivity contribution is 5.84. The van der Waals surface area contributed by atoms with Gasteiger partial charge in [0.1, 0.15) is 5.78 Å². The van der Waals surface area contributed by atoms with Gasteiger partial charge in [0.05, 0.1) is 6.10 Å². The van der Waals surface area contributed by atoms with E-state index in [1.807, 2.05) is 12.2 Å². The van der Waals surface area contributed by atoms with Gasteiger partial charge in [0.2, 0.25) is 0 Å². The van der Waals surface area contributed by atoms with Crippen LogP contribution in [0.2, 0.25) is 0 Å². The van der Waals surface area contributed by atoms with E-state index < -0.39 is 12.1 Å². The Bertz CT molecular complexity index is 469. The van der Waals surface area contributed by atoms with Crippen LogP contribution < -0.4 is 0 Å². The van der Waals surface area contributed by atoms with E-state index in [2.05, 4.69) is 18.8 Å². The number of aliphatic carboxylic acids is 1. The first kappa shape index (κ1) is 19.4. The molecule has 3 unspecified atom stereocenters. The maximum atomic E-state index is 12.0. The second kappa shape index (κ2) is 11.0. The molecule has 128 valence electrons. The number of carboxylic acid groups (broad SMARTS) is 1. The van der Waals surface area contributed by atoms with Crippen LogP contribution in [0.4, 0.5) is 0 Å². The molecule has 0 heterocycles. The molecule has 2 N–H and O–H groups in total. The summed E-state index contributed by atoms with van der Waals surface area (Å²) in [5.74, 6) is 5.54. The molecule has 1 fully saturated rings. The summed E-state index contributed by atoms with van der Waals surface area (Å²) in [6.07, 6.45) is 9.42. The first-order valence-electron chi connectivity index (χ1n) is 8.61. The monoisotopic (exact) mass is 320 g/mol. The van der Waals surface area contributed by atoms with Crippen LogP contribution in [0.5, 0.6) is 0 Å². The Morgan fingerprint density at radius 2 is 2.17 bits per heavy atom. The van der Waals surface area contributed by atoms with Gasteiger partial charge in [0, 0.05) is 31.6 Å². The van der Waals surface area contributed by atoms with Crippen LogP contribution in [0.1, 0.15) is 64.7 Å². The van der Waals surface area contributed by atoms with Gasteiger partial charge in [-0.1, -0.05) is 31.9 Å². The van der Waals surface area contributed by atoms with E-state index in [0.717, 1.165) is 25.7 Å². The van der Waals surface area contributed by atoms with Crippen LogP contribution in [0.15, 0.2) is 12.2 Å². The molecule has 1 aliphatic carbocycles. The fraction of sp³-hybridized carbons (Fsp3) is 0.684. The van der Waals surface area contributed by atoms with Crippen LogP contribution in [0.25, 0.3) is 0 Å². The van der Waals surface area contributed by atoms with Crippen LogP contribution in [0, 0.1) is 23.7 Å². The zero-order valence-corrected chi connectivity index (χ0v) is 14.0. The van der Waals surface area contributed by atoms with Gasteiger partial charge in [-0.15, -0.1) is 11.8 Å². The second-order valence-corrected chi connectivity index (χ2v) is 6.17. The summed E-state index contributed by atoms with van der Waals surface area (Å²) < 4.78 is 0. The van der Waals surface area contributed by atoms with Crippen molar-refractivity contribution in [2.24, 2.45) is 11.8 Å². The van der Waals surface area contributed by atoms with E-state index in [1.165, 1.54) is 0 Å². The van der Waals surface area contributed by atoms with Crippen LogP contribution >= 0.6 is 0 Å². The molecule has 0 aromatic rings. The van der Waals surface area contributed by atoms with Crippen molar-refractivity contribution in [3.8, 4) is 11.8 Å². The first-order valence-corrected chi connectivity index (χ1v) is 8.61. The maximum Gasteiger partial charge on any atom is 0.303 e. The Morgan fingerprint density at radius 3 is 2.87 bits per heavy atom. The maximum absolute atomic E-state index is 12.0. The van der Waals surface area contributed by atoms with Gasteiger partial charge in [0.25, 0.3) is 0 Å². The molecule has 0 aromatic heterocycles. The van der Waals surface area contributed by atoms with Gasteiger partial charge >= 0.3 is 5.97 Å². The van der Waals surface area contributed by atoms with Crippen molar-refractivity contribution in [2.45, 2.75) is 70.8 Å². The Hall–Kier alpha value is -1.60. The number of carbonyl (C=O) groups excluding carboxylic acids is 1. The molecule has 0 radical (unpaired) electrons. The van der Waals surface area contributed by atoms with Gasteiger partial charge in [-0.05, 0) is 25.2 Å². The zero-order chi connectivity index (χ0) is 17.1. The largest absolute Gasteiger partial charge is 0.481 e. The molecule has 4 heteroatoms. The third-order valence-electron chi connectivity index (χ3n) is 4.23. The van der Waals surface area contributed by atoms with E-state index in [-0.39, 0.29) is 24.0 Å². The average Bonchev–Trinajstić information content (AvgIpc) is 2.86. The summed E-state index contributed by atoms with van der Waals surface area (Å²) in [5.41, 5.74) is 0. The quantitative estimate of drug-likeness (QED) is 0.388. The van der Waals surface area contributed by atoms with E-state index >= 15 is 0 Å². The molecular weight excluding hydrogens is 292 g/mol. The fourth-order valence-corrected chi connectivity index (χ4v) is 2.81. The Labute approximate surface area is 139 Å². The highest BCUT2D eigenvalue weighted by atomic mass is 16.4.